The van der Waals surface area contributed by atoms with Crippen LogP contribution >= 0.6 is 11.6 Å². The van der Waals surface area contributed by atoms with Crippen LogP contribution in [0.15, 0.2) is 77.5 Å². The highest BCUT2D eigenvalue weighted by Gasteiger charge is 2.40. The second-order valence-corrected chi connectivity index (χ2v) is 6.85. The van der Waals surface area contributed by atoms with Crippen LogP contribution in [0.2, 0.25) is 5.02 Å². The first-order valence-corrected chi connectivity index (χ1v) is 9.35. The first-order valence-electron chi connectivity index (χ1n) is 8.97. The molecule has 5 nitrogen and oxygen atoms in total. The van der Waals surface area contributed by atoms with Crippen molar-refractivity contribution in [2.45, 2.75) is 6.18 Å². The van der Waals surface area contributed by atoms with Gasteiger partial charge in [-0.1, -0.05) is 23.7 Å². The average Bonchev–Trinajstić information content (AvgIpc) is 3.21. The van der Waals surface area contributed by atoms with Gasteiger partial charge in [-0.3, -0.25) is 9.78 Å². The van der Waals surface area contributed by atoms with Gasteiger partial charge in [-0.2, -0.15) is 13.2 Å². The summed E-state index contributed by atoms with van der Waals surface area (Å²) in [5.74, 6) is -1.79. The van der Waals surface area contributed by atoms with Crippen molar-refractivity contribution in [1.29, 1.82) is 0 Å². The minimum absolute atomic E-state index is 0.192. The summed E-state index contributed by atoms with van der Waals surface area (Å²) in [6, 6.07) is 15.5. The van der Waals surface area contributed by atoms with Gasteiger partial charge >= 0.3 is 6.18 Å². The molecule has 2 heterocycles. The van der Waals surface area contributed by atoms with E-state index in [2.05, 4.69) is 15.3 Å². The number of nitrogens with zero attached hydrogens (tertiary/aromatic N) is 2. The van der Waals surface area contributed by atoms with Crippen LogP contribution in [0, 0.1) is 0 Å². The summed E-state index contributed by atoms with van der Waals surface area (Å²) in [5.41, 5.74) is 0.979. The Balaban J connectivity index is 1.62. The third kappa shape index (κ3) is 4.44. The normalized spacial score (nSPS) is 11.4. The molecule has 0 bridgehead atoms. The van der Waals surface area contributed by atoms with Crippen molar-refractivity contribution in [2.75, 3.05) is 5.32 Å². The highest BCUT2D eigenvalue weighted by Crippen LogP contribution is 2.39. The maximum absolute atomic E-state index is 13.5. The Labute approximate surface area is 179 Å². The van der Waals surface area contributed by atoms with Gasteiger partial charge in [0, 0.05) is 29.2 Å². The summed E-state index contributed by atoms with van der Waals surface area (Å²) in [5, 5.41) is 2.99. The predicted octanol–water partition coefficient (Wildman–Crippen LogP) is 6.33. The van der Waals surface area contributed by atoms with Gasteiger partial charge in [0.2, 0.25) is 11.7 Å². The zero-order valence-corrected chi connectivity index (χ0v) is 16.4. The highest BCUT2D eigenvalue weighted by atomic mass is 35.5. The molecule has 31 heavy (non-hydrogen) atoms. The third-order valence-electron chi connectivity index (χ3n) is 4.35. The van der Waals surface area contributed by atoms with Crippen molar-refractivity contribution < 1.29 is 22.4 Å². The fraction of sp³-hybridized carbons (Fsp3) is 0.0455. The molecule has 0 spiro atoms. The van der Waals surface area contributed by atoms with E-state index in [0.29, 0.717) is 21.8 Å². The number of benzene rings is 2. The van der Waals surface area contributed by atoms with E-state index in [1.54, 1.807) is 24.3 Å². The van der Waals surface area contributed by atoms with E-state index < -0.39 is 17.8 Å². The fourth-order valence-corrected chi connectivity index (χ4v) is 3.10. The summed E-state index contributed by atoms with van der Waals surface area (Å²) in [6.45, 7) is 0. The lowest BCUT2D eigenvalue weighted by molar-refractivity contribution is -0.152. The number of halogens is 4. The van der Waals surface area contributed by atoms with Gasteiger partial charge in [0.1, 0.15) is 5.69 Å². The molecule has 2 aromatic carbocycles. The van der Waals surface area contributed by atoms with Gasteiger partial charge in [0.25, 0.3) is 5.91 Å². The van der Waals surface area contributed by atoms with Crippen LogP contribution in [0.4, 0.5) is 18.9 Å². The van der Waals surface area contributed by atoms with E-state index in [-0.39, 0.29) is 17.1 Å². The molecule has 2 aromatic heterocycles. The highest BCUT2D eigenvalue weighted by molar-refractivity contribution is 6.34. The van der Waals surface area contributed by atoms with Crippen LogP contribution in [0.25, 0.3) is 22.7 Å². The number of anilines is 1. The Bertz CT molecular complexity index is 1220. The summed E-state index contributed by atoms with van der Waals surface area (Å²) in [4.78, 5) is 20.2. The first kappa shape index (κ1) is 20.6. The molecule has 9 heteroatoms. The lowest BCUT2D eigenvalue weighted by atomic mass is 10.1. The Morgan fingerprint density at radius 1 is 0.935 bits per heavy atom. The summed E-state index contributed by atoms with van der Waals surface area (Å²) in [7, 11) is 0. The molecule has 4 aromatic rings. The minimum Gasteiger partial charge on any atom is -0.431 e. The summed E-state index contributed by atoms with van der Waals surface area (Å²) >= 11 is 6.02. The number of pyridine rings is 1. The molecule has 0 atom stereocenters. The maximum atomic E-state index is 13.5. The quantitative estimate of drug-likeness (QED) is 0.400. The molecular weight excluding hydrogens is 431 g/mol. The molecular formula is C22H13ClF3N3O2. The lowest BCUT2D eigenvalue weighted by Gasteiger charge is -2.07. The van der Waals surface area contributed by atoms with Gasteiger partial charge in [-0.15, -0.1) is 0 Å². The number of carbonyl (C=O) groups excluding carboxylic acids is 1. The second-order valence-electron chi connectivity index (χ2n) is 6.44. The fourth-order valence-electron chi connectivity index (χ4n) is 2.88. The van der Waals surface area contributed by atoms with Crippen molar-refractivity contribution in [3.63, 3.8) is 0 Å². The van der Waals surface area contributed by atoms with E-state index >= 15 is 0 Å². The largest absolute Gasteiger partial charge is 0.451 e. The van der Waals surface area contributed by atoms with Gasteiger partial charge < -0.3 is 9.73 Å². The van der Waals surface area contributed by atoms with Gasteiger partial charge in [0.05, 0.1) is 10.6 Å². The number of carbonyl (C=O) groups is 1. The molecule has 0 aliphatic rings. The Morgan fingerprint density at radius 2 is 1.61 bits per heavy atom. The second kappa shape index (κ2) is 8.23. The third-order valence-corrected chi connectivity index (χ3v) is 4.68. The van der Waals surface area contributed by atoms with E-state index in [4.69, 9.17) is 16.0 Å². The van der Waals surface area contributed by atoms with Crippen molar-refractivity contribution in [3.8, 4) is 22.7 Å². The molecule has 4 rings (SSSR count). The van der Waals surface area contributed by atoms with Crippen molar-refractivity contribution in [3.05, 3.63) is 89.4 Å². The van der Waals surface area contributed by atoms with Crippen molar-refractivity contribution >= 4 is 23.2 Å². The van der Waals surface area contributed by atoms with E-state index in [9.17, 15) is 18.0 Å². The molecule has 156 valence electrons. The molecule has 0 unspecified atom stereocenters. The van der Waals surface area contributed by atoms with Crippen LogP contribution in [0.3, 0.4) is 0 Å². The molecule has 0 radical (unpaired) electrons. The molecule has 0 aliphatic heterocycles. The number of hydrogen-bond acceptors (Lipinski definition) is 4. The number of aromatic nitrogens is 2. The molecule has 1 N–H and O–H groups in total. The number of amides is 1. The van der Waals surface area contributed by atoms with E-state index in [1.165, 1.54) is 48.8 Å². The number of nitrogens with one attached hydrogen (secondary N) is 1. The standard InChI is InChI=1S/C22H13ClF3N3O2/c23-17-4-2-1-3-16(17)20(30)28-15-7-5-14(6-8-15)21-29-18(13-9-11-27-12-10-13)19(31-21)22(24,25)26/h1-12H,(H,28,30). The molecule has 0 saturated carbocycles. The molecule has 0 fully saturated rings. The topological polar surface area (TPSA) is 68.0 Å². The van der Waals surface area contributed by atoms with E-state index in [1.807, 2.05) is 0 Å². The summed E-state index contributed by atoms with van der Waals surface area (Å²) < 4.78 is 45.4. The maximum Gasteiger partial charge on any atom is 0.451 e. The first-order chi connectivity index (χ1) is 14.8. The molecule has 1 amide bonds. The molecule has 0 aliphatic carbocycles. The molecule has 0 saturated heterocycles. The average molecular weight is 444 g/mol. The number of oxazole rings is 1. The zero-order chi connectivity index (χ0) is 22.0. The minimum atomic E-state index is -4.72. The SMILES string of the molecule is O=C(Nc1ccc(-c2nc(-c3ccncc3)c(C(F)(F)F)o2)cc1)c1ccccc1Cl. The monoisotopic (exact) mass is 443 g/mol. The summed E-state index contributed by atoms with van der Waals surface area (Å²) in [6.07, 6.45) is -1.96. The number of alkyl halides is 3. The predicted molar refractivity (Wildman–Crippen MR) is 110 cm³/mol. The van der Waals surface area contributed by atoms with E-state index in [0.717, 1.165) is 0 Å². The van der Waals surface area contributed by atoms with Gasteiger partial charge in [-0.05, 0) is 48.5 Å². The Kier molecular flexibility index (Phi) is 5.48. The van der Waals surface area contributed by atoms with Gasteiger partial charge in [-0.25, -0.2) is 4.98 Å². The lowest BCUT2D eigenvalue weighted by Crippen LogP contribution is -2.12. The smallest absolute Gasteiger partial charge is 0.431 e. The number of hydrogen-bond donors (Lipinski definition) is 1. The zero-order valence-electron chi connectivity index (χ0n) is 15.7. The van der Waals surface area contributed by atoms with Crippen LogP contribution in [0.1, 0.15) is 16.1 Å². The van der Waals surface area contributed by atoms with Crippen LogP contribution < -0.4 is 5.32 Å². The number of rotatable bonds is 4. The Morgan fingerprint density at radius 3 is 2.26 bits per heavy atom. The Hall–Kier alpha value is -3.65. The van der Waals surface area contributed by atoms with Gasteiger partial charge in [0.15, 0.2) is 0 Å². The van der Waals surface area contributed by atoms with Crippen molar-refractivity contribution in [1.82, 2.24) is 9.97 Å². The van der Waals surface area contributed by atoms with Crippen LogP contribution in [-0.2, 0) is 6.18 Å². The van der Waals surface area contributed by atoms with Crippen LogP contribution in [-0.4, -0.2) is 15.9 Å². The van der Waals surface area contributed by atoms with Crippen molar-refractivity contribution in [2.24, 2.45) is 0 Å². The van der Waals surface area contributed by atoms with Crippen LogP contribution in [0.5, 0.6) is 0 Å².